The maximum Gasteiger partial charge on any atom is 0.258 e. The molecule has 0 saturated carbocycles. The van der Waals surface area contributed by atoms with E-state index in [2.05, 4.69) is 0 Å². The first-order valence-corrected chi connectivity index (χ1v) is 10.0. The molecule has 1 heterocycles. The molecular formula is C23H23ClFNO4. The highest BCUT2D eigenvalue weighted by Gasteiger charge is 2.25. The second-order valence-corrected chi connectivity index (χ2v) is 7.57. The molecule has 0 radical (unpaired) electrons. The van der Waals surface area contributed by atoms with Gasteiger partial charge in [-0.2, -0.15) is 0 Å². The molecule has 7 heteroatoms. The van der Waals surface area contributed by atoms with E-state index in [4.69, 9.17) is 21.1 Å². The number of fused-ring (bicyclic) bond motifs is 1. The van der Waals surface area contributed by atoms with Crippen LogP contribution >= 0.6 is 11.6 Å². The van der Waals surface area contributed by atoms with Crippen molar-refractivity contribution in [3.8, 4) is 16.9 Å². The van der Waals surface area contributed by atoms with Crippen LogP contribution in [0.2, 0.25) is 5.02 Å². The Bertz CT molecular complexity index is 1160. The Morgan fingerprint density at radius 1 is 1.17 bits per heavy atom. The maximum absolute atomic E-state index is 14.7. The van der Waals surface area contributed by atoms with Crippen LogP contribution in [0.25, 0.3) is 21.9 Å². The minimum atomic E-state index is -1.02. The van der Waals surface area contributed by atoms with Crippen molar-refractivity contribution in [1.29, 1.82) is 0 Å². The van der Waals surface area contributed by atoms with E-state index >= 15 is 0 Å². The summed E-state index contributed by atoms with van der Waals surface area (Å²) < 4.78 is 27.1. The van der Waals surface area contributed by atoms with Crippen LogP contribution in [0.15, 0.2) is 41.2 Å². The number of aldehydes is 1. The van der Waals surface area contributed by atoms with E-state index in [9.17, 15) is 14.0 Å². The Labute approximate surface area is 179 Å². The van der Waals surface area contributed by atoms with Gasteiger partial charge in [-0.3, -0.25) is 4.79 Å². The number of halogens is 2. The van der Waals surface area contributed by atoms with Crippen molar-refractivity contribution in [2.45, 2.75) is 33.0 Å². The number of hydrogen-bond acceptors (Lipinski definition) is 4. The molecule has 1 unspecified atom stereocenters. The average molecular weight is 432 g/mol. The lowest BCUT2D eigenvalue weighted by molar-refractivity contribution is -0.121. The van der Waals surface area contributed by atoms with Gasteiger partial charge in [-0.25, -0.2) is 4.39 Å². The molecule has 0 saturated heterocycles. The van der Waals surface area contributed by atoms with Crippen LogP contribution in [-0.4, -0.2) is 23.6 Å². The summed E-state index contributed by atoms with van der Waals surface area (Å²) in [5.74, 6) is -0.419. The Morgan fingerprint density at radius 2 is 1.90 bits per heavy atom. The summed E-state index contributed by atoms with van der Waals surface area (Å²) in [6.45, 7) is 5.69. The average Bonchev–Trinajstić information content (AvgIpc) is 2.70. The first-order chi connectivity index (χ1) is 14.3. The maximum atomic E-state index is 14.7. The first kappa shape index (κ1) is 22.0. The van der Waals surface area contributed by atoms with Gasteiger partial charge in [0.1, 0.15) is 0 Å². The molecule has 0 aliphatic rings. The highest BCUT2D eigenvalue weighted by atomic mass is 35.5. The van der Waals surface area contributed by atoms with Crippen LogP contribution in [0.3, 0.4) is 0 Å². The fourth-order valence-corrected chi connectivity index (χ4v) is 3.70. The minimum absolute atomic E-state index is 0.125. The van der Waals surface area contributed by atoms with Gasteiger partial charge >= 0.3 is 0 Å². The van der Waals surface area contributed by atoms with Crippen LogP contribution in [0.4, 0.5) is 4.39 Å². The smallest absolute Gasteiger partial charge is 0.258 e. The number of benzene rings is 2. The Balaban J connectivity index is 2.42. The minimum Gasteiger partial charge on any atom is -0.491 e. The van der Waals surface area contributed by atoms with Gasteiger partial charge in [-0.15, -0.1) is 0 Å². The van der Waals surface area contributed by atoms with Crippen molar-refractivity contribution in [2.75, 3.05) is 6.61 Å². The van der Waals surface area contributed by atoms with Gasteiger partial charge < -0.3 is 18.8 Å². The molecule has 5 nitrogen and oxygen atoms in total. The third-order valence-corrected chi connectivity index (χ3v) is 4.97. The molecule has 0 bridgehead atoms. The third-order valence-electron chi connectivity index (χ3n) is 4.74. The number of nitrogens with zero attached hydrogens (tertiary/aromatic N) is 1. The van der Waals surface area contributed by atoms with Crippen molar-refractivity contribution in [2.24, 2.45) is 7.05 Å². The molecule has 3 rings (SSSR count). The molecule has 158 valence electrons. The zero-order valence-electron chi connectivity index (χ0n) is 17.2. The molecule has 0 amide bonds. The van der Waals surface area contributed by atoms with Crippen molar-refractivity contribution >= 4 is 28.7 Å². The summed E-state index contributed by atoms with van der Waals surface area (Å²) in [5.41, 5.74) is 1.02. The Kier molecular flexibility index (Phi) is 6.58. The van der Waals surface area contributed by atoms with E-state index in [0.717, 1.165) is 0 Å². The molecule has 0 aliphatic carbocycles. The van der Waals surface area contributed by atoms with Crippen molar-refractivity contribution in [3.63, 3.8) is 0 Å². The fraction of sp³-hybridized carbons (Fsp3) is 0.304. The summed E-state index contributed by atoms with van der Waals surface area (Å²) in [7, 11) is 1.57. The lowest BCUT2D eigenvalue weighted by Crippen LogP contribution is -2.26. The number of rotatable bonds is 7. The van der Waals surface area contributed by atoms with Crippen LogP contribution < -0.4 is 10.3 Å². The molecular weight excluding hydrogens is 409 g/mol. The molecule has 0 fully saturated rings. The second-order valence-electron chi connectivity index (χ2n) is 7.13. The molecule has 3 aromatic rings. The van der Waals surface area contributed by atoms with Crippen molar-refractivity contribution in [3.05, 3.63) is 63.3 Å². The molecule has 1 aromatic heterocycles. The van der Waals surface area contributed by atoms with Gasteiger partial charge in [0.2, 0.25) is 0 Å². The quantitative estimate of drug-likeness (QED) is 0.490. The summed E-state index contributed by atoms with van der Waals surface area (Å²) >= 11 is 6.21. The molecule has 2 aromatic carbocycles. The van der Waals surface area contributed by atoms with Crippen molar-refractivity contribution in [1.82, 2.24) is 4.57 Å². The number of hydrogen-bond donors (Lipinski definition) is 0. The van der Waals surface area contributed by atoms with Crippen LogP contribution in [-0.2, 0) is 16.6 Å². The van der Waals surface area contributed by atoms with E-state index in [-0.39, 0.29) is 17.4 Å². The number of pyridine rings is 1. The van der Waals surface area contributed by atoms with Crippen LogP contribution in [0, 0.1) is 5.82 Å². The highest BCUT2D eigenvalue weighted by Crippen LogP contribution is 2.37. The predicted molar refractivity (Wildman–Crippen MR) is 116 cm³/mol. The highest BCUT2D eigenvalue weighted by molar-refractivity contribution is 6.31. The van der Waals surface area contributed by atoms with Gasteiger partial charge in [0.15, 0.2) is 24.0 Å². The van der Waals surface area contributed by atoms with Gasteiger partial charge in [-0.05, 0) is 62.1 Å². The standard InChI is InChI=1S/C23H23ClFNO4/c1-5-29-19-9-6-14(10-18(19)25)21-17-11-15(24)7-8-16(17)23(28)26(4)22(21)20(12-27)30-13(2)3/h6-13,20H,5H2,1-4H3. The zero-order valence-corrected chi connectivity index (χ0v) is 18.0. The summed E-state index contributed by atoms with van der Waals surface area (Å²) in [4.78, 5) is 24.9. The zero-order chi connectivity index (χ0) is 22.0. The summed E-state index contributed by atoms with van der Waals surface area (Å²) in [6, 6.07) is 9.43. The number of aromatic nitrogens is 1. The van der Waals surface area contributed by atoms with Gasteiger partial charge in [-0.1, -0.05) is 17.7 Å². The molecule has 0 spiro atoms. The van der Waals surface area contributed by atoms with Gasteiger partial charge in [0, 0.05) is 23.0 Å². The third kappa shape index (κ3) is 4.11. The number of carbonyl (C=O) groups excluding carboxylic acids is 1. The predicted octanol–water partition coefficient (Wildman–Crippen LogP) is 5.06. The van der Waals surface area contributed by atoms with Gasteiger partial charge in [0.25, 0.3) is 5.56 Å². The Morgan fingerprint density at radius 3 is 2.50 bits per heavy atom. The summed E-state index contributed by atoms with van der Waals surface area (Å²) in [5, 5.41) is 1.34. The Hall–Kier alpha value is -2.70. The molecule has 30 heavy (non-hydrogen) atoms. The molecule has 0 N–H and O–H groups in total. The SMILES string of the molecule is CCOc1ccc(-c2c(C(C=O)OC(C)C)n(C)c(=O)c3ccc(Cl)cc23)cc1F. The fourth-order valence-electron chi connectivity index (χ4n) is 3.53. The number of ether oxygens (including phenoxy) is 2. The van der Waals surface area contributed by atoms with Crippen LogP contribution in [0.1, 0.15) is 32.6 Å². The van der Waals surface area contributed by atoms with Gasteiger partial charge in [0.05, 0.1) is 18.4 Å². The topological polar surface area (TPSA) is 57.5 Å². The van der Waals surface area contributed by atoms with E-state index < -0.39 is 11.9 Å². The first-order valence-electron chi connectivity index (χ1n) is 9.64. The monoisotopic (exact) mass is 431 g/mol. The van der Waals surface area contributed by atoms with E-state index in [1.165, 1.54) is 16.7 Å². The second kappa shape index (κ2) is 8.98. The summed E-state index contributed by atoms with van der Waals surface area (Å²) in [6.07, 6.45) is -0.648. The lowest BCUT2D eigenvalue weighted by atomic mass is 9.94. The van der Waals surface area contributed by atoms with E-state index in [0.29, 0.717) is 45.5 Å². The van der Waals surface area contributed by atoms with Crippen LogP contribution in [0.5, 0.6) is 5.75 Å². The lowest BCUT2D eigenvalue weighted by Gasteiger charge is -2.23. The number of carbonyl (C=O) groups is 1. The largest absolute Gasteiger partial charge is 0.491 e. The normalized spacial score (nSPS) is 12.4. The molecule has 1 atom stereocenters. The van der Waals surface area contributed by atoms with E-state index in [1.807, 2.05) is 0 Å². The molecule has 0 aliphatic heterocycles. The van der Waals surface area contributed by atoms with E-state index in [1.54, 1.807) is 52.1 Å². The van der Waals surface area contributed by atoms with Crippen molar-refractivity contribution < 1.29 is 18.7 Å².